The van der Waals surface area contributed by atoms with Gasteiger partial charge in [-0.3, -0.25) is 4.79 Å². The van der Waals surface area contributed by atoms with Gasteiger partial charge in [0.25, 0.3) is 0 Å². The van der Waals surface area contributed by atoms with E-state index in [-0.39, 0.29) is 5.78 Å². The number of ketones is 1. The molecule has 0 N–H and O–H groups in total. The van der Waals surface area contributed by atoms with Crippen LogP contribution in [0, 0.1) is 0 Å². The summed E-state index contributed by atoms with van der Waals surface area (Å²) in [6.45, 7) is 1.53. The maximum atomic E-state index is 11.3. The first-order chi connectivity index (χ1) is 10.6. The number of hydrogen-bond donors (Lipinski definition) is 0. The first kappa shape index (κ1) is 14.8. The Morgan fingerprint density at radius 2 is 1.82 bits per heavy atom. The van der Waals surface area contributed by atoms with Crippen molar-refractivity contribution < 1.29 is 4.79 Å². The molecular weight excluding hydrogens is 321 g/mol. The van der Waals surface area contributed by atoms with Crippen molar-refractivity contribution in [3.63, 3.8) is 0 Å². The van der Waals surface area contributed by atoms with Gasteiger partial charge in [-0.2, -0.15) is 0 Å². The monoisotopic (exact) mass is 331 g/mol. The third-order valence-electron chi connectivity index (χ3n) is 3.27. The van der Waals surface area contributed by atoms with Gasteiger partial charge in [-0.15, -0.1) is 5.10 Å². The highest BCUT2D eigenvalue weighted by atomic mass is 35.5. The number of aromatic nitrogens is 3. The summed E-state index contributed by atoms with van der Waals surface area (Å²) >= 11 is 12.3. The first-order valence-corrected chi connectivity index (χ1v) is 7.29. The highest BCUT2D eigenvalue weighted by molar-refractivity contribution is 6.35. The van der Waals surface area contributed by atoms with E-state index in [4.69, 9.17) is 23.2 Å². The number of nitrogens with zero attached hydrogens (tertiary/aromatic N) is 3. The summed E-state index contributed by atoms with van der Waals surface area (Å²) in [6.07, 6.45) is 1.62. The van der Waals surface area contributed by atoms with E-state index >= 15 is 0 Å². The Morgan fingerprint density at radius 3 is 2.50 bits per heavy atom. The molecule has 4 nitrogen and oxygen atoms in total. The molecule has 0 aliphatic rings. The number of rotatable bonds is 3. The van der Waals surface area contributed by atoms with E-state index in [1.165, 1.54) is 6.92 Å². The van der Waals surface area contributed by atoms with E-state index in [2.05, 4.69) is 10.3 Å². The van der Waals surface area contributed by atoms with Crippen LogP contribution in [-0.4, -0.2) is 20.8 Å². The first-order valence-electron chi connectivity index (χ1n) is 6.54. The van der Waals surface area contributed by atoms with Crippen molar-refractivity contribution in [2.75, 3.05) is 0 Å². The van der Waals surface area contributed by atoms with Gasteiger partial charge in [0.05, 0.1) is 22.6 Å². The molecule has 0 aliphatic heterocycles. The molecule has 0 aliphatic carbocycles. The number of halogens is 2. The largest absolute Gasteiger partial charge is 0.295 e. The standard InChI is InChI=1S/C16H11Cl2N3O/c1-10(22)11-2-5-13(6-3-11)21-16(9-19-20-21)14-8-12(17)4-7-15(14)18/h2-9H,1H3. The molecule has 22 heavy (non-hydrogen) atoms. The van der Waals surface area contributed by atoms with Crippen LogP contribution in [-0.2, 0) is 0 Å². The molecule has 110 valence electrons. The summed E-state index contributed by atoms with van der Waals surface area (Å²) in [5, 5.41) is 9.18. The Balaban J connectivity index is 2.09. The minimum absolute atomic E-state index is 0.0169. The zero-order chi connectivity index (χ0) is 15.7. The Labute approximate surface area is 137 Å². The maximum Gasteiger partial charge on any atom is 0.159 e. The normalized spacial score (nSPS) is 10.7. The summed E-state index contributed by atoms with van der Waals surface area (Å²) in [6, 6.07) is 12.4. The molecule has 0 saturated heterocycles. The molecule has 6 heteroatoms. The second-order valence-electron chi connectivity index (χ2n) is 4.76. The molecule has 0 radical (unpaired) electrons. The summed E-state index contributed by atoms with van der Waals surface area (Å²) in [7, 11) is 0. The number of carbonyl (C=O) groups is 1. The zero-order valence-electron chi connectivity index (χ0n) is 11.6. The fraction of sp³-hybridized carbons (Fsp3) is 0.0625. The van der Waals surface area contributed by atoms with Gasteiger partial charge in [0.15, 0.2) is 5.78 Å². The topological polar surface area (TPSA) is 47.8 Å². The molecule has 3 rings (SSSR count). The lowest BCUT2D eigenvalue weighted by Crippen LogP contribution is -2.01. The SMILES string of the molecule is CC(=O)c1ccc(-n2nncc2-c2cc(Cl)ccc2Cl)cc1. The fourth-order valence-corrected chi connectivity index (χ4v) is 2.53. The van der Waals surface area contributed by atoms with Crippen molar-refractivity contribution in [1.82, 2.24) is 15.0 Å². The van der Waals surface area contributed by atoms with Gasteiger partial charge in [-0.05, 0) is 49.4 Å². The smallest absolute Gasteiger partial charge is 0.159 e. The maximum absolute atomic E-state index is 11.3. The summed E-state index contributed by atoms with van der Waals surface area (Å²) < 4.78 is 1.65. The summed E-state index contributed by atoms with van der Waals surface area (Å²) in [5.74, 6) is 0.0169. The van der Waals surface area contributed by atoms with Gasteiger partial charge in [-0.1, -0.05) is 28.4 Å². The number of carbonyl (C=O) groups excluding carboxylic acids is 1. The van der Waals surface area contributed by atoms with Crippen molar-refractivity contribution in [2.24, 2.45) is 0 Å². The minimum atomic E-state index is 0.0169. The van der Waals surface area contributed by atoms with Gasteiger partial charge in [0.2, 0.25) is 0 Å². The average Bonchev–Trinajstić information content (AvgIpc) is 2.99. The van der Waals surface area contributed by atoms with Crippen LogP contribution in [0.25, 0.3) is 16.9 Å². The molecule has 2 aromatic carbocycles. The van der Waals surface area contributed by atoms with E-state index in [1.54, 1.807) is 41.2 Å². The van der Waals surface area contributed by atoms with Crippen LogP contribution >= 0.6 is 23.2 Å². The fourth-order valence-electron chi connectivity index (χ4n) is 2.14. The van der Waals surface area contributed by atoms with Crippen LogP contribution < -0.4 is 0 Å². The molecule has 0 fully saturated rings. The van der Waals surface area contributed by atoms with Crippen molar-refractivity contribution in [3.8, 4) is 16.9 Å². The van der Waals surface area contributed by atoms with E-state index in [0.29, 0.717) is 15.6 Å². The molecule has 3 aromatic rings. The van der Waals surface area contributed by atoms with Crippen LogP contribution in [0.15, 0.2) is 48.7 Å². The lowest BCUT2D eigenvalue weighted by molar-refractivity contribution is 0.101. The van der Waals surface area contributed by atoms with Crippen molar-refractivity contribution in [2.45, 2.75) is 6.92 Å². The summed E-state index contributed by atoms with van der Waals surface area (Å²) in [4.78, 5) is 11.3. The number of Topliss-reactive ketones (excluding diaryl/α,β-unsaturated/α-hetero) is 1. The Hall–Kier alpha value is -2.17. The zero-order valence-corrected chi connectivity index (χ0v) is 13.1. The van der Waals surface area contributed by atoms with E-state index < -0.39 is 0 Å². The molecule has 0 atom stereocenters. The van der Waals surface area contributed by atoms with Crippen molar-refractivity contribution in [3.05, 3.63) is 64.3 Å². The van der Waals surface area contributed by atoms with E-state index in [9.17, 15) is 4.79 Å². The van der Waals surface area contributed by atoms with Gasteiger partial charge >= 0.3 is 0 Å². The van der Waals surface area contributed by atoms with Gasteiger partial charge < -0.3 is 0 Å². The van der Waals surface area contributed by atoms with Crippen LogP contribution in [0.3, 0.4) is 0 Å². The Kier molecular flexibility index (Phi) is 3.96. The molecule has 1 aromatic heterocycles. The van der Waals surface area contributed by atoms with Crippen LogP contribution in [0.1, 0.15) is 17.3 Å². The highest BCUT2D eigenvalue weighted by Gasteiger charge is 2.13. The Morgan fingerprint density at radius 1 is 1.09 bits per heavy atom. The van der Waals surface area contributed by atoms with Crippen LogP contribution in [0.2, 0.25) is 10.0 Å². The second-order valence-corrected chi connectivity index (χ2v) is 5.60. The average molecular weight is 332 g/mol. The predicted molar refractivity (Wildman–Crippen MR) is 86.8 cm³/mol. The highest BCUT2D eigenvalue weighted by Crippen LogP contribution is 2.31. The number of benzene rings is 2. The van der Waals surface area contributed by atoms with Crippen LogP contribution in [0.4, 0.5) is 0 Å². The quantitative estimate of drug-likeness (QED) is 0.666. The molecule has 0 saturated carbocycles. The lowest BCUT2D eigenvalue weighted by atomic mass is 10.1. The van der Waals surface area contributed by atoms with Crippen molar-refractivity contribution in [1.29, 1.82) is 0 Å². The van der Waals surface area contributed by atoms with Crippen LogP contribution in [0.5, 0.6) is 0 Å². The molecular formula is C16H11Cl2N3O. The minimum Gasteiger partial charge on any atom is -0.295 e. The van der Waals surface area contributed by atoms with Gasteiger partial charge in [0, 0.05) is 16.1 Å². The van der Waals surface area contributed by atoms with Gasteiger partial charge in [-0.25, -0.2) is 4.68 Å². The summed E-state index contributed by atoms with van der Waals surface area (Å²) in [5.41, 5.74) is 2.90. The molecule has 0 bridgehead atoms. The molecule has 0 amide bonds. The molecule has 0 unspecified atom stereocenters. The molecule has 0 spiro atoms. The van der Waals surface area contributed by atoms with Crippen molar-refractivity contribution >= 4 is 29.0 Å². The lowest BCUT2D eigenvalue weighted by Gasteiger charge is -2.08. The Bertz CT molecular complexity index is 841. The van der Waals surface area contributed by atoms with E-state index in [0.717, 1.165) is 16.9 Å². The second kappa shape index (κ2) is 5.91. The predicted octanol–water partition coefficient (Wildman–Crippen LogP) is 4.44. The van der Waals surface area contributed by atoms with Gasteiger partial charge in [0.1, 0.15) is 0 Å². The third-order valence-corrected chi connectivity index (χ3v) is 3.84. The number of hydrogen-bond acceptors (Lipinski definition) is 3. The third kappa shape index (κ3) is 2.75. The van der Waals surface area contributed by atoms with E-state index in [1.807, 2.05) is 12.1 Å². The molecule has 1 heterocycles.